The fourth-order valence-electron chi connectivity index (χ4n) is 1.31. The summed E-state index contributed by atoms with van der Waals surface area (Å²) in [5.41, 5.74) is 0.734. The van der Waals surface area contributed by atoms with Gasteiger partial charge in [-0.1, -0.05) is 15.9 Å². The maximum Gasteiger partial charge on any atom is 0.145 e. The first kappa shape index (κ1) is 11.1. The van der Waals surface area contributed by atoms with Crippen LogP contribution in [-0.2, 0) is 6.61 Å². The summed E-state index contributed by atoms with van der Waals surface area (Å²) in [5.74, 6) is 1.29. The van der Waals surface area contributed by atoms with Crippen LogP contribution in [0.25, 0.3) is 0 Å². The number of rotatable bonds is 3. The maximum atomic E-state index is 9.20. The van der Waals surface area contributed by atoms with E-state index in [-0.39, 0.29) is 6.61 Å². The molecule has 1 aromatic carbocycles. The van der Waals surface area contributed by atoms with E-state index in [1.54, 1.807) is 18.5 Å². The van der Waals surface area contributed by atoms with Gasteiger partial charge in [-0.15, -0.1) is 0 Å². The van der Waals surface area contributed by atoms with Crippen molar-refractivity contribution in [1.82, 2.24) is 4.98 Å². The van der Waals surface area contributed by atoms with Gasteiger partial charge < -0.3 is 9.84 Å². The van der Waals surface area contributed by atoms with Crippen LogP contribution in [0.5, 0.6) is 11.5 Å². The highest BCUT2D eigenvalue weighted by Crippen LogP contribution is 2.27. The molecule has 2 aromatic rings. The normalized spacial score (nSPS) is 10.1. The van der Waals surface area contributed by atoms with Gasteiger partial charge in [0.2, 0.25) is 0 Å². The Morgan fingerprint density at radius 2 is 2.19 bits per heavy atom. The summed E-state index contributed by atoms with van der Waals surface area (Å²) in [5, 5.41) is 9.20. The molecule has 0 aliphatic carbocycles. The molecule has 1 heterocycles. The van der Waals surface area contributed by atoms with Gasteiger partial charge in [0.15, 0.2) is 0 Å². The number of aliphatic hydroxyl groups is 1. The number of nitrogens with zero attached hydrogens (tertiary/aromatic N) is 1. The Bertz CT molecular complexity index is 474. The summed E-state index contributed by atoms with van der Waals surface area (Å²) < 4.78 is 6.52. The number of hydrogen-bond acceptors (Lipinski definition) is 3. The first-order chi connectivity index (χ1) is 7.79. The number of pyridine rings is 1. The highest BCUT2D eigenvalue weighted by atomic mass is 79.9. The van der Waals surface area contributed by atoms with Crippen LogP contribution in [0.4, 0.5) is 0 Å². The molecule has 1 aromatic heterocycles. The third-order valence-corrected chi connectivity index (χ3v) is 2.55. The van der Waals surface area contributed by atoms with Gasteiger partial charge in [0, 0.05) is 16.2 Å². The zero-order valence-corrected chi connectivity index (χ0v) is 10.0. The van der Waals surface area contributed by atoms with Crippen molar-refractivity contribution >= 4 is 15.9 Å². The number of benzene rings is 1. The van der Waals surface area contributed by atoms with Crippen LogP contribution >= 0.6 is 15.9 Å². The van der Waals surface area contributed by atoms with Crippen molar-refractivity contribution in [2.75, 3.05) is 0 Å². The van der Waals surface area contributed by atoms with E-state index in [0.29, 0.717) is 11.5 Å². The number of halogens is 1. The van der Waals surface area contributed by atoms with E-state index in [4.69, 9.17) is 4.74 Å². The minimum Gasteiger partial charge on any atom is -0.455 e. The molecule has 0 fully saturated rings. The van der Waals surface area contributed by atoms with Gasteiger partial charge in [0.1, 0.15) is 11.5 Å². The van der Waals surface area contributed by atoms with Gasteiger partial charge >= 0.3 is 0 Å². The second-order valence-electron chi connectivity index (χ2n) is 3.20. The fourth-order valence-corrected chi connectivity index (χ4v) is 1.71. The lowest BCUT2D eigenvalue weighted by Crippen LogP contribution is -1.91. The van der Waals surface area contributed by atoms with Gasteiger partial charge in [-0.3, -0.25) is 4.98 Å². The molecule has 3 nitrogen and oxygen atoms in total. The van der Waals surface area contributed by atoms with Gasteiger partial charge in [0.05, 0.1) is 12.8 Å². The Kier molecular flexibility index (Phi) is 3.54. The fraction of sp³-hybridized carbons (Fsp3) is 0.0833. The molecule has 82 valence electrons. The lowest BCUT2D eigenvalue weighted by molar-refractivity contribution is 0.276. The van der Waals surface area contributed by atoms with Crippen molar-refractivity contribution in [1.29, 1.82) is 0 Å². The highest BCUT2D eigenvalue weighted by molar-refractivity contribution is 9.10. The smallest absolute Gasteiger partial charge is 0.145 e. The van der Waals surface area contributed by atoms with Crippen molar-refractivity contribution in [2.45, 2.75) is 6.61 Å². The molecular formula is C12H10BrNO2. The molecule has 0 saturated carbocycles. The van der Waals surface area contributed by atoms with E-state index in [9.17, 15) is 5.11 Å². The third kappa shape index (κ3) is 2.59. The lowest BCUT2D eigenvalue weighted by Gasteiger charge is -2.09. The van der Waals surface area contributed by atoms with Crippen LogP contribution in [0.3, 0.4) is 0 Å². The van der Waals surface area contributed by atoms with Crippen LogP contribution in [0.1, 0.15) is 5.56 Å². The molecular weight excluding hydrogens is 270 g/mol. The minimum absolute atomic E-state index is 0.0605. The molecule has 0 unspecified atom stereocenters. The van der Waals surface area contributed by atoms with Crippen molar-refractivity contribution in [3.05, 3.63) is 52.8 Å². The predicted molar refractivity (Wildman–Crippen MR) is 64.4 cm³/mol. The Labute approximate surface area is 102 Å². The molecule has 0 saturated heterocycles. The molecule has 2 rings (SSSR count). The Balaban J connectivity index is 2.28. The van der Waals surface area contributed by atoms with Gasteiger partial charge in [-0.05, 0) is 30.3 Å². The first-order valence-corrected chi connectivity index (χ1v) is 5.56. The molecule has 0 atom stereocenters. The quantitative estimate of drug-likeness (QED) is 0.939. The molecule has 0 aliphatic heterocycles. The zero-order chi connectivity index (χ0) is 11.4. The van der Waals surface area contributed by atoms with E-state index >= 15 is 0 Å². The van der Waals surface area contributed by atoms with Crippen LogP contribution in [0, 0.1) is 0 Å². The standard InChI is InChI=1S/C12H10BrNO2/c13-10-3-4-12(9(6-10)8-15)16-11-2-1-5-14-7-11/h1-7,15H,8H2. The third-order valence-electron chi connectivity index (χ3n) is 2.06. The van der Waals surface area contributed by atoms with Crippen LogP contribution < -0.4 is 4.74 Å². The Morgan fingerprint density at radius 3 is 2.88 bits per heavy atom. The first-order valence-electron chi connectivity index (χ1n) is 4.77. The van der Waals surface area contributed by atoms with Gasteiger partial charge in [-0.25, -0.2) is 0 Å². The second-order valence-corrected chi connectivity index (χ2v) is 4.12. The van der Waals surface area contributed by atoms with E-state index in [2.05, 4.69) is 20.9 Å². The lowest BCUT2D eigenvalue weighted by atomic mass is 10.2. The summed E-state index contributed by atoms with van der Waals surface area (Å²) in [4.78, 5) is 3.96. The SMILES string of the molecule is OCc1cc(Br)ccc1Oc1cccnc1. The van der Waals surface area contributed by atoms with E-state index in [0.717, 1.165) is 10.0 Å². The largest absolute Gasteiger partial charge is 0.455 e. The predicted octanol–water partition coefficient (Wildman–Crippen LogP) is 3.13. The van der Waals surface area contributed by atoms with E-state index in [1.165, 1.54) is 0 Å². The average Bonchev–Trinajstić information content (AvgIpc) is 2.33. The minimum atomic E-state index is -0.0605. The zero-order valence-electron chi connectivity index (χ0n) is 8.43. The summed E-state index contributed by atoms with van der Waals surface area (Å²) in [7, 11) is 0. The van der Waals surface area contributed by atoms with Crippen LogP contribution in [-0.4, -0.2) is 10.1 Å². The van der Waals surface area contributed by atoms with Gasteiger partial charge in [-0.2, -0.15) is 0 Å². The van der Waals surface area contributed by atoms with Crippen molar-refractivity contribution in [3.8, 4) is 11.5 Å². The number of aromatic nitrogens is 1. The Hall–Kier alpha value is -1.39. The molecule has 4 heteroatoms. The van der Waals surface area contributed by atoms with Crippen molar-refractivity contribution in [3.63, 3.8) is 0 Å². The summed E-state index contributed by atoms with van der Waals surface area (Å²) >= 11 is 3.34. The Morgan fingerprint density at radius 1 is 1.31 bits per heavy atom. The average molecular weight is 280 g/mol. The molecule has 0 spiro atoms. The number of ether oxygens (including phenoxy) is 1. The topological polar surface area (TPSA) is 42.4 Å². The molecule has 16 heavy (non-hydrogen) atoms. The monoisotopic (exact) mass is 279 g/mol. The van der Waals surface area contributed by atoms with E-state index in [1.807, 2.05) is 24.3 Å². The maximum absolute atomic E-state index is 9.20. The summed E-state index contributed by atoms with van der Waals surface area (Å²) in [6.45, 7) is -0.0605. The second kappa shape index (κ2) is 5.09. The molecule has 0 bridgehead atoms. The summed E-state index contributed by atoms with van der Waals surface area (Å²) in [6.07, 6.45) is 3.31. The molecule has 1 N–H and O–H groups in total. The van der Waals surface area contributed by atoms with Crippen LogP contribution in [0.2, 0.25) is 0 Å². The van der Waals surface area contributed by atoms with Gasteiger partial charge in [0.25, 0.3) is 0 Å². The molecule has 0 amide bonds. The summed E-state index contributed by atoms with van der Waals surface area (Å²) in [6, 6.07) is 9.11. The molecule has 0 radical (unpaired) electrons. The number of aliphatic hydroxyl groups excluding tert-OH is 1. The highest BCUT2D eigenvalue weighted by Gasteiger charge is 2.04. The van der Waals surface area contributed by atoms with Crippen molar-refractivity contribution < 1.29 is 9.84 Å². The van der Waals surface area contributed by atoms with Crippen LogP contribution in [0.15, 0.2) is 47.2 Å². The number of hydrogen-bond donors (Lipinski definition) is 1. The van der Waals surface area contributed by atoms with Crippen molar-refractivity contribution in [2.24, 2.45) is 0 Å². The van der Waals surface area contributed by atoms with E-state index < -0.39 is 0 Å². The molecule has 0 aliphatic rings.